The molecular formula is C16H17ClO3. The number of halogens is 1. The summed E-state index contributed by atoms with van der Waals surface area (Å²) in [6.07, 6.45) is 4.26. The minimum Gasteiger partial charge on any atom is -0.472 e. The first-order valence-electron chi connectivity index (χ1n) is 6.63. The third kappa shape index (κ3) is 3.87. The van der Waals surface area contributed by atoms with Gasteiger partial charge in [0.05, 0.1) is 24.5 Å². The van der Waals surface area contributed by atoms with Gasteiger partial charge in [0.25, 0.3) is 0 Å². The smallest absolute Gasteiger partial charge is 0.305 e. The summed E-state index contributed by atoms with van der Waals surface area (Å²) in [7, 11) is 0. The minimum absolute atomic E-state index is 0.183. The molecule has 0 fully saturated rings. The molecule has 1 aromatic heterocycles. The fraction of sp³-hybridized carbons (Fsp3) is 0.312. The molecule has 1 aromatic carbocycles. The molecule has 1 atom stereocenters. The zero-order valence-corrected chi connectivity index (χ0v) is 12.1. The molecule has 0 N–H and O–H groups in total. The molecule has 0 aliphatic heterocycles. The van der Waals surface area contributed by atoms with Crippen LogP contribution in [0, 0.1) is 0 Å². The van der Waals surface area contributed by atoms with Gasteiger partial charge in [-0.2, -0.15) is 0 Å². The van der Waals surface area contributed by atoms with Gasteiger partial charge in [0.1, 0.15) is 0 Å². The SMILES string of the molecule is CCOC(=O)CCC(Cl)c1ccc(-c2ccoc2)cc1. The largest absolute Gasteiger partial charge is 0.472 e. The van der Waals surface area contributed by atoms with E-state index >= 15 is 0 Å². The van der Waals surface area contributed by atoms with Crippen molar-refractivity contribution in [1.29, 1.82) is 0 Å². The predicted octanol–water partition coefficient (Wildman–Crippen LogP) is 4.57. The third-order valence-electron chi connectivity index (χ3n) is 3.03. The van der Waals surface area contributed by atoms with Crippen molar-refractivity contribution in [2.75, 3.05) is 6.61 Å². The van der Waals surface area contributed by atoms with Crippen molar-refractivity contribution in [3.63, 3.8) is 0 Å². The van der Waals surface area contributed by atoms with Gasteiger partial charge in [-0.3, -0.25) is 4.79 Å². The van der Waals surface area contributed by atoms with Crippen LogP contribution in [0.5, 0.6) is 0 Å². The number of carbonyl (C=O) groups excluding carboxylic acids is 1. The Balaban J connectivity index is 1.94. The van der Waals surface area contributed by atoms with E-state index < -0.39 is 0 Å². The summed E-state index contributed by atoms with van der Waals surface area (Å²) < 4.78 is 9.95. The Labute approximate surface area is 123 Å². The molecule has 0 aliphatic rings. The third-order valence-corrected chi connectivity index (χ3v) is 3.50. The second-order valence-electron chi connectivity index (χ2n) is 4.45. The van der Waals surface area contributed by atoms with E-state index in [1.165, 1.54) is 0 Å². The first-order valence-corrected chi connectivity index (χ1v) is 7.06. The van der Waals surface area contributed by atoms with Gasteiger partial charge in [0.2, 0.25) is 0 Å². The van der Waals surface area contributed by atoms with Crippen molar-refractivity contribution < 1.29 is 13.9 Å². The zero-order valence-electron chi connectivity index (χ0n) is 11.3. The van der Waals surface area contributed by atoms with E-state index in [0.717, 1.165) is 16.7 Å². The van der Waals surface area contributed by atoms with Crippen molar-refractivity contribution in [2.24, 2.45) is 0 Å². The summed E-state index contributed by atoms with van der Waals surface area (Å²) in [5, 5.41) is -0.183. The second kappa shape index (κ2) is 7.15. The van der Waals surface area contributed by atoms with Crippen LogP contribution in [-0.4, -0.2) is 12.6 Å². The van der Waals surface area contributed by atoms with Gasteiger partial charge >= 0.3 is 5.97 Å². The highest BCUT2D eigenvalue weighted by Crippen LogP contribution is 2.28. The van der Waals surface area contributed by atoms with Crippen LogP contribution in [0.1, 0.15) is 30.7 Å². The van der Waals surface area contributed by atoms with E-state index in [1.807, 2.05) is 30.3 Å². The number of hydrogen-bond acceptors (Lipinski definition) is 3. The Hall–Kier alpha value is -1.74. The first-order chi connectivity index (χ1) is 9.70. The quantitative estimate of drug-likeness (QED) is 0.578. The lowest BCUT2D eigenvalue weighted by Crippen LogP contribution is -2.05. The van der Waals surface area contributed by atoms with Gasteiger partial charge in [-0.1, -0.05) is 24.3 Å². The Kier molecular flexibility index (Phi) is 5.24. The van der Waals surface area contributed by atoms with E-state index in [2.05, 4.69) is 0 Å². The topological polar surface area (TPSA) is 39.4 Å². The highest BCUT2D eigenvalue weighted by Gasteiger charge is 2.11. The number of alkyl halides is 1. The molecule has 20 heavy (non-hydrogen) atoms. The highest BCUT2D eigenvalue weighted by atomic mass is 35.5. The van der Waals surface area contributed by atoms with Gasteiger partial charge in [0, 0.05) is 12.0 Å². The number of esters is 1. The molecule has 0 spiro atoms. The van der Waals surface area contributed by atoms with Gasteiger partial charge in [-0.05, 0) is 30.5 Å². The van der Waals surface area contributed by atoms with Crippen LogP contribution in [0.4, 0.5) is 0 Å². The molecule has 0 bridgehead atoms. The fourth-order valence-electron chi connectivity index (χ4n) is 1.96. The maximum atomic E-state index is 11.3. The van der Waals surface area contributed by atoms with Crippen molar-refractivity contribution in [1.82, 2.24) is 0 Å². The molecule has 3 nitrogen and oxygen atoms in total. The standard InChI is InChI=1S/C16H17ClO3/c1-2-20-16(18)8-7-15(17)13-5-3-12(4-6-13)14-9-10-19-11-14/h3-6,9-11,15H,2,7-8H2,1H3. The van der Waals surface area contributed by atoms with E-state index in [1.54, 1.807) is 19.5 Å². The van der Waals surface area contributed by atoms with E-state index in [4.69, 9.17) is 20.8 Å². The summed E-state index contributed by atoms with van der Waals surface area (Å²) in [5.41, 5.74) is 3.12. The Bertz CT molecular complexity index is 531. The molecule has 106 valence electrons. The first kappa shape index (κ1) is 14.7. The van der Waals surface area contributed by atoms with Gasteiger partial charge < -0.3 is 9.15 Å². The van der Waals surface area contributed by atoms with Crippen LogP contribution >= 0.6 is 11.6 Å². The van der Waals surface area contributed by atoms with Crippen LogP contribution in [0.15, 0.2) is 47.3 Å². The fourth-order valence-corrected chi connectivity index (χ4v) is 2.21. The average molecular weight is 293 g/mol. The minimum atomic E-state index is -0.201. The maximum Gasteiger partial charge on any atom is 0.305 e. The lowest BCUT2D eigenvalue weighted by atomic mass is 10.0. The number of furan rings is 1. The van der Waals surface area contributed by atoms with E-state index in [0.29, 0.717) is 19.4 Å². The molecular weight excluding hydrogens is 276 g/mol. The van der Waals surface area contributed by atoms with Crippen LogP contribution < -0.4 is 0 Å². The lowest BCUT2D eigenvalue weighted by Gasteiger charge is -2.10. The van der Waals surface area contributed by atoms with Crippen LogP contribution in [0.25, 0.3) is 11.1 Å². The second-order valence-corrected chi connectivity index (χ2v) is 4.97. The van der Waals surface area contributed by atoms with Crippen molar-refractivity contribution in [2.45, 2.75) is 25.1 Å². The van der Waals surface area contributed by atoms with E-state index in [-0.39, 0.29) is 11.3 Å². The molecule has 1 heterocycles. The normalized spacial score (nSPS) is 12.1. The van der Waals surface area contributed by atoms with Crippen molar-refractivity contribution >= 4 is 17.6 Å². The summed E-state index contributed by atoms with van der Waals surface area (Å²) in [6, 6.07) is 9.87. The number of rotatable bonds is 6. The summed E-state index contributed by atoms with van der Waals surface area (Å²) in [5.74, 6) is -0.201. The number of benzene rings is 1. The average Bonchev–Trinajstić information content (AvgIpc) is 2.99. The summed E-state index contributed by atoms with van der Waals surface area (Å²) in [4.78, 5) is 11.3. The van der Waals surface area contributed by atoms with Crippen molar-refractivity contribution in [3.8, 4) is 11.1 Å². The molecule has 0 saturated heterocycles. The van der Waals surface area contributed by atoms with Gasteiger partial charge in [-0.25, -0.2) is 0 Å². The Morgan fingerprint density at radius 3 is 2.60 bits per heavy atom. The molecule has 0 aliphatic carbocycles. The molecule has 0 amide bonds. The highest BCUT2D eigenvalue weighted by molar-refractivity contribution is 6.20. The molecule has 0 saturated carbocycles. The van der Waals surface area contributed by atoms with Crippen LogP contribution in [-0.2, 0) is 9.53 Å². The zero-order chi connectivity index (χ0) is 14.4. The summed E-state index contributed by atoms with van der Waals surface area (Å²) >= 11 is 6.30. The molecule has 0 radical (unpaired) electrons. The maximum absolute atomic E-state index is 11.3. The summed E-state index contributed by atoms with van der Waals surface area (Å²) in [6.45, 7) is 2.20. The van der Waals surface area contributed by atoms with Crippen molar-refractivity contribution in [3.05, 3.63) is 48.4 Å². The number of carbonyl (C=O) groups is 1. The monoisotopic (exact) mass is 292 g/mol. The Morgan fingerprint density at radius 2 is 2.00 bits per heavy atom. The van der Waals surface area contributed by atoms with E-state index in [9.17, 15) is 4.79 Å². The predicted molar refractivity (Wildman–Crippen MR) is 78.6 cm³/mol. The molecule has 2 aromatic rings. The van der Waals surface area contributed by atoms with Crippen LogP contribution in [0.3, 0.4) is 0 Å². The van der Waals surface area contributed by atoms with Crippen LogP contribution in [0.2, 0.25) is 0 Å². The Morgan fingerprint density at radius 1 is 1.25 bits per heavy atom. The molecule has 4 heteroatoms. The van der Waals surface area contributed by atoms with Gasteiger partial charge in [0.15, 0.2) is 0 Å². The molecule has 2 rings (SSSR count). The van der Waals surface area contributed by atoms with Gasteiger partial charge in [-0.15, -0.1) is 11.6 Å². The number of hydrogen-bond donors (Lipinski definition) is 0. The molecule has 1 unspecified atom stereocenters. The lowest BCUT2D eigenvalue weighted by molar-refractivity contribution is -0.143. The number of ether oxygens (including phenoxy) is 1.